The van der Waals surface area contributed by atoms with Crippen LogP contribution in [0.15, 0.2) is 73.1 Å². The third-order valence-corrected chi connectivity index (χ3v) is 7.60. The fourth-order valence-electron chi connectivity index (χ4n) is 5.03. The molecule has 5 amide bonds. The number of carbonyl (C=O) groups is 5. The summed E-state index contributed by atoms with van der Waals surface area (Å²) in [7, 11) is 6.64. The molecule has 0 fully saturated rings. The van der Waals surface area contributed by atoms with Crippen molar-refractivity contribution in [2.75, 3.05) is 39.7 Å². The van der Waals surface area contributed by atoms with Gasteiger partial charge in [0.15, 0.2) is 5.95 Å². The van der Waals surface area contributed by atoms with Crippen molar-refractivity contribution in [3.8, 4) is 0 Å². The van der Waals surface area contributed by atoms with Crippen LogP contribution in [0.5, 0.6) is 0 Å². The predicted octanol–water partition coefficient (Wildman–Crippen LogP) is 3.05. The molecule has 0 aromatic carbocycles. The van der Waals surface area contributed by atoms with Gasteiger partial charge in [-0.15, -0.1) is 0 Å². The van der Waals surface area contributed by atoms with Gasteiger partial charge in [-0.25, -0.2) is 4.98 Å². The average molecular weight is 703 g/mol. The SMILES string of the molecule is C=C(Cl)C(=O)Nc1cc(C(=O)Nc2cc(C(=O)Nc3cc(C(=O)Nc4cc(C(=O)NCCNc5ncc[nH]5)n(C)c4)n(C)c3)n(C)c2)n(C)c1. The zero-order valence-electron chi connectivity index (χ0n) is 27.6. The summed E-state index contributed by atoms with van der Waals surface area (Å²) in [6.45, 7) is 4.19. The lowest BCUT2D eigenvalue weighted by Gasteiger charge is -2.06. The molecule has 5 aromatic rings. The lowest BCUT2D eigenvalue weighted by molar-refractivity contribution is -0.112. The molecule has 0 atom stereocenters. The minimum absolute atomic E-state index is 0.194. The fraction of sp³-hybridized carbons (Fsp3) is 0.188. The highest BCUT2D eigenvalue weighted by atomic mass is 35.5. The van der Waals surface area contributed by atoms with Crippen LogP contribution in [0.1, 0.15) is 42.0 Å². The standard InChI is InChI=1S/C32H35ClN12O5/c1-18(33)27(46)38-19-11-24(43(3)14-19)29(48)40-21-13-26(45(5)16-21)31(50)41-22-12-25(44(4)17-22)30(49)39-20-10-23(42(2)15-20)28(47)34-6-7-35-32-36-8-9-37-32/h8-17H,1,6-7H2,2-5H3,(H,34,47)(H,38,46)(H,39,49)(H,40,48)(H,41,50)(H2,35,36,37). The van der Waals surface area contributed by atoms with E-state index in [1.807, 2.05) is 0 Å². The van der Waals surface area contributed by atoms with Crippen molar-refractivity contribution in [1.82, 2.24) is 33.6 Å². The number of aromatic amines is 1. The first-order valence-electron chi connectivity index (χ1n) is 15.1. The molecular formula is C32H35ClN12O5. The number of hydrogen-bond donors (Lipinski definition) is 7. The van der Waals surface area contributed by atoms with Crippen LogP contribution in [0, 0.1) is 0 Å². The Bertz CT molecular complexity index is 2100. The van der Waals surface area contributed by atoms with Crippen molar-refractivity contribution in [2.45, 2.75) is 0 Å². The molecule has 0 saturated heterocycles. The molecule has 17 nitrogen and oxygen atoms in total. The van der Waals surface area contributed by atoms with E-state index in [4.69, 9.17) is 11.6 Å². The van der Waals surface area contributed by atoms with Crippen LogP contribution in [0.25, 0.3) is 0 Å². The maximum absolute atomic E-state index is 13.2. The number of aromatic nitrogens is 6. The van der Waals surface area contributed by atoms with Gasteiger partial charge in [0.05, 0.1) is 27.8 Å². The third kappa shape index (κ3) is 8.13. The minimum Gasteiger partial charge on any atom is -0.354 e. The van der Waals surface area contributed by atoms with Gasteiger partial charge in [-0.3, -0.25) is 24.0 Å². The molecule has 5 heterocycles. The first kappa shape index (κ1) is 34.8. The summed E-state index contributed by atoms with van der Waals surface area (Å²) in [5.74, 6) is -1.70. The van der Waals surface area contributed by atoms with E-state index in [2.05, 4.69) is 48.4 Å². The molecule has 0 unspecified atom stereocenters. The molecule has 0 bridgehead atoms. The van der Waals surface area contributed by atoms with E-state index in [0.29, 0.717) is 47.5 Å². The molecule has 18 heteroatoms. The Hall–Kier alpha value is -6.49. The molecule has 0 aliphatic rings. The first-order chi connectivity index (χ1) is 23.8. The van der Waals surface area contributed by atoms with E-state index in [1.54, 1.807) is 85.1 Å². The zero-order valence-corrected chi connectivity index (χ0v) is 28.3. The van der Waals surface area contributed by atoms with Gasteiger partial charge < -0.3 is 55.2 Å². The van der Waals surface area contributed by atoms with Crippen molar-refractivity contribution in [3.05, 3.63) is 95.8 Å². The fourth-order valence-corrected chi connectivity index (χ4v) is 5.08. The highest BCUT2D eigenvalue weighted by Crippen LogP contribution is 2.21. The summed E-state index contributed by atoms with van der Waals surface area (Å²) in [6, 6.07) is 6.07. The average Bonchev–Trinajstić information content (AvgIpc) is 3.88. The Morgan fingerprint density at radius 2 is 1.06 bits per heavy atom. The van der Waals surface area contributed by atoms with E-state index in [-0.39, 0.29) is 28.0 Å². The monoisotopic (exact) mass is 702 g/mol. The second kappa shape index (κ2) is 14.7. The predicted molar refractivity (Wildman–Crippen MR) is 189 cm³/mol. The van der Waals surface area contributed by atoms with Crippen molar-refractivity contribution in [2.24, 2.45) is 28.2 Å². The summed E-state index contributed by atoms with van der Waals surface area (Å²) in [4.78, 5) is 70.8. The molecule has 0 aliphatic heterocycles. The van der Waals surface area contributed by atoms with Gasteiger partial charge in [0.2, 0.25) is 0 Å². The molecule has 5 aromatic heterocycles. The normalized spacial score (nSPS) is 10.7. The summed E-state index contributed by atoms with van der Waals surface area (Å²) >= 11 is 5.62. The number of aryl methyl sites for hydroxylation is 4. The zero-order chi connectivity index (χ0) is 36.1. The number of imidazole rings is 1. The lowest BCUT2D eigenvalue weighted by atomic mass is 10.3. The second-order valence-electron chi connectivity index (χ2n) is 11.2. The van der Waals surface area contributed by atoms with Gasteiger partial charge in [-0.1, -0.05) is 18.2 Å². The van der Waals surface area contributed by atoms with Crippen LogP contribution in [0.4, 0.5) is 28.7 Å². The Kier molecular flexibility index (Phi) is 10.3. The summed E-state index contributed by atoms with van der Waals surface area (Å²) in [5, 5.41) is 16.5. The number of hydrogen-bond acceptors (Lipinski definition) is 7. The van der Waals surface area contributed by atoms with E-state index in [9.17, 15) is 24.0 Å². The highest BCUT2D eigenvalue weighted by Gasteiger charge is 2.20. The molecule has 0 radical (unpaired) electrons. The van der Waals surface area contributed by atoms with Crippen molar-refractivity contribution in [3.63, 3.8) is 0 Å². The molecule has 0 spiro atoms. The highest BCUT2D eigenvalue weighted by molar-refractivity contribution is 6.43. The van der Waals surface area contributed by atoms with Gasteiger partial charge in [0.25, 0.3) is 29.5 Å². The largest absolute Gasteiger partial charge is 0.354 e. The first-order valence-corrected chi connectivity index (χ1v) is 15.4. The van der Waals surface area contributed by atoms with E-state index < -0.39 is 23.6 Å². The van der Waals surface area contributed by atoms with Crippen molar-refractivity contribution in [1.29, 1.82) is 0 Å². The van der Waals surface area contributed by atoms with Crippen LogP contribution >= 0.6 is 11.6 Å². The number of nitrogens with zero attached hydrogens (tertiary/aromatic N) is 5. The van der Waals surface area contributed by atoms with Crippen LogP contribution in [-0.2, 0) is 33.0 Å². The minimum atomic E-state index is -0.590. The maximum Gasteiger partial charge on any atom is 0.272 e. The Labute approximate surface area is 290 Å². The Morgan fingerprint density at radius 1 is 0.660 bits per heavy atom. The van der Waals surface area contributed by atoms with E-state index in [0.717, 1.165) is 0 Å². The summed E-state index contributed by atoms with van der Waals surface area (Å²) in [5.41, 5.74) is 2.59. The van der Waals surface area contributed by atoms with Crippen LogP contribution in [0.3, 0.4) is 0 Å². The van der Waals surface area contributed by atoms with Gasteiger partial charge in [0.1, 0.15) is 22.8 Å². The second-order valence-corrected chi connectivity index (χ2v) is 11.7. The third-order valence-electron chi connectivity index (χ3n) is 7.43. The number of amides is 5. The number of anilines is 5. The number of nitrogens with one attached hydrogen (secondary N) is 7. The van der Waals surface area contributed by atoms with E-state index >= 15 is 0 Å². The molecule has 0 aliphatic carbocycles. The number of carbonyl (C=O) groups excluding carboxylic acids is 5. The van der Waals surface area contributed by atoms with Crippen molar-refractivity contribution >= 4 is 69.8 Å². The van der Waals surface area contributed by atoms with Gasteiger partial charge in [-0.05, 0) is 24.3 Å². The molecule has 5 rings (SSSR count). The topological polar surface area (TPSA) is 206 Å². The van der Waals surface area contributed by atoms with Crippen LogP contribution < -0.4 is 31.9 Å². The summed E-state index contributed by atoms with van der Waals surface area (Å²) in [6.07, 6.45) is 9.64. The van der Waals surface area contributed by atoms with Crippen LogP contribution in [-0.4, -0.2) is 70.9 Å². The molecular weight excluding hydrogens is 668 g/mol. The number of H-pyrrole nitrogens is 1. The van der Waals surface area contributed by atoms with Crippen LogP contribution in [0.2, 0.25) is 0 Å². The Balaban J connectivity index is 1.17. The lowest BCUT2D eigenvalue weighted by Crippen LogP contribution is -2.30. The number of rotatable bonds is 13. The van der Waals surface area contributed by atoms with E-state index in [1.165, 1.54) is 22.8 Å². The van der Waals surface area contributed by atoms with Gasteiger partial charge >= 0.3 is 0 Å². The van der Waals surface area contributed by atoms with Gasteiger partial charge in [0, 0.05) is 78.5 Å². The molecule has 7 N–H and O–H groups in total. The quantitative estimate of drug-likeness (QED) is 0.0721. The molecule has 260 valence electrons. The van der Waals surface area contributed by atoms with Crippen molar-refractivity contribution < 1.29 is 24.0 Å². The Morgan fingerprint density at radius 3 is 1.44 bits per heavy atom. The summed E-state index contributed by atoms with van der Waals surface area (Å²) < 4.78 is 6.24. The molecule has 50 heavy (non-hydrogen) atoms. The maximum atomic E-state index is 13.2. The van der Waals surface area contributed by atoms with Gasteiger partial charge in [-0.2, -0.15) is 0 Å². The smallest absolute Gasteiger partial charge is 0.272 e. The molecule has 0 saturated carbocycles. The number of halogens is 1.